The van der Waals surface area contributed by atoms with E-state index >= 15 is 0 Å². The van der Waals surface area contributed by atoms with E-state index < -0.39 is 0 Å². The highest BCUT2D eigenvalue weighted by molar-refractivity contribution is 4.94. The van der Waals surface area contributed by atoms with Gasteiger partial charge < -0.3 is 4.74 Å². The molecular formula is C28H52O. The minimum Gasteiger partial charge on any atom is -0.378 e. The van der Waals surface area contributed by atoms with E-state index in [9.17, 15) is 0 Å². The third kappa shape index (κ3) is 7.55. The second-order valence-electron chi connectivity index (χ2n) is 11.0. The van der Waals surface area contributed by atoms with E-state index in [4.69, 9.17) is 4.74 Å². The van der Waals surface area contributed by atoms with Gasteiger partial charge in [0.05, 0.1) is 6.10 Å². The summed E-state index contributed by atoms with van der Waals surface area (Å²) in [5.74, 6) is 5.30. The number of hydrogen-bond acceptors (Lipinski definition) is 1. The number of unbranched alkanes of at least 4 members (excludes halogenated alkanes) is 8. The van der Waals surface area contributed by atoms with Crippen LogP contribution in [0, 0.1) is 29.6 Å². The minimum atomic E-state index is 0.596. The lowest BCUT2D eigenvalue weighted by molar-refractivity contribution is -0.0539. The van der Waals surface area contributed by atoms with Crippen molar-refractivity contribution in [3.8, 4) is 0 Å². The highest BCUT2D eigenvalue weighted by atomic mass is 16.5. The van der Waals surface area contributed by atoms with Crippen LogP contribution < -0.4 is 0 Å². The lowest BCUT2D eigenvalue weighted by Crippen LogP contribution is -2.42. The Hall–Kier alpha value is -0.0400. The Balaban J connectivity index is 1.32. The molecule has 1 nitrogen and oxygen atoms in total. The zero-order valence-electron chi connectivity index (χ0n) is 20.0. The van der Waals surface area contributed by atoms with Crippen LogP contribution in [-0.2, 0) is 4.74 Å². The average molecular weight is 405 g/mol. The number of rotatable bonds is 13. The van der Waals surface area contributed by atoms with Crippen molar-refractivity contribution in [2.24, 2.45) is 29.6 Å². The van der Waals surface area contributed by atoms with Gasteiger partial charge in [0.15, 0.2) is 0 Å². The van der Waals surface area contributed by atoms with Crippen LogP contribution in [0.1, 0.15) is 136 Å². The van der Waals surface area contributed by atoms with Gasteiger partial charge >= 0.3 is 0 Å². The first-order valence-electron chi connectivity index (χ1n) is 13.9. The van der Waals surface area contributed by atoms with Crippen molar-refractivity contribution in [1.29, 1.82) is 0 Å². The molecule has 1 heteroatoms. The van der Waals surface area contributed by atoms with Gasteiger partial charge in [0.25, 0.3) is 0 Å². The molecule has 4 unspecified atom stereocenters. The van der Waals surface area contributed by atoms with Crippen LogP contribution in [0.15, 0.2) is 0 Å². The van der Waals surface area contributed by atoms with Gasteiger partial charge in [0.1, 0.15) is 0 Å². The molecule has 3 saturated carbocycles. The molecule has 3 aliphatic carbocycles. The molecule has 0 heterocycles. The minimum absolute atomic E-state index is 0.596. The maximum Gasteiger partial charge on any atom is 0.0578 e. The largest absolute Gasteiger partial charge is 0.378 e. The molecule has 0 aliphatic heterocycles. The highest BCUT2D eigenvalue weighted by Crippen LogP contribution is 2.53. The monoisotopic (exact) mass is 404 g/mol. The van der Waals surface area contributed by atoms with E-state index in [-0.39, 0.29) is 0 Å². The summed E-state index contributed by atoms with van der Waals surface area (Å²) < 4.78 is 6.34. The van der Waals surface area contributed by atoms with E-state index in [0.717, 1.165) is 36.2 Å². The molecule has 0 N–H and O–H groups in total. The molecule has 0 radical (unpaired) electrons. The molecule has 6 atom stereocenters. The van der Waals surface area contributed by atoms with Crippen LogP contribution in [0.2, 0.25) is 0 Å². The van der Waals surface area contributed by atoms with Crippen molar-refractivity contribution in [2.45, 2.75) is 142 Å². The van der Waals surface area contributed by atoms with Crippen LogP contribution in [0.5, 0.6) is 0 Å². The van der Waals surface area contributed by atoms with Gasteiger partial charge in [-0.25, -0.2) is 0 Å². The third-order valence-corrected chi connectivity index (χ3v) is 8.92. The molecule has 29 heavy (non-hydrogen) atoms. The van der Waals surface area contributed by atoms with E-state index in [1.807, 2.05) is 0 Å². The molecule has 3 rings (SSSR count). The van der Waals surface area contributed by atoms with Crippen molar-refractivity contribution >= 4 is 0 Å². The number of hydrogen-bond donors (Lipinski definition) is 0. The van der Waals surface area contributed by atoms with Gasteiger partial charge in [-0.3, -0.25) is 0 Å². The first-order valence-corrected chi connectivity index (χ1v) is 13.9. The van der Waals surface area contributed by atoms with E-state index in [1.54, 1.807) is 25.7 Å². The molecule has 0 aromatic heterocycles. The van der Waals surface area contributed by atoms with Gasteiger partial charge in [0.2, 0.25) is 0 Å². The van der Waals surface area contributed by atoms with Crippen LogP contribution in [-0.4, -0.2) is 12.7 Å². The summed E-state index contributed by atoms with van der Waals surface area (Å²) in [5, 5.41) is 0. The second kappa shape index (κ2) is 13.4. The van der Waals surface area contributed by atoms with Crippen molar-refractivity contribution in [3.05, 3.63) is 0 Å². The van der Waals surface area contributed by atoms with Crippen molar-refractivity contribution in [3.63, 3.8) is 0 Å². The summed E-state index contributed by atoms with van der Waals surface area (Å²) >= 11 is 0. The van der Waals surface area contributed by atoms with Crippen LogP contribution in [0.4, 0.5) is 0 Å². The normalized spacial score (nSPS) is 34.6. The lowest BCUT2D eigenvalue weighted by atomic mass is 9.56. The summed E-state index contributed by atoms with van der Waals surface area (Å²) in [6.07, 6.45) is 28.2. The summed E-state index contributed by atoms with van der Waals surface area (Å²) in [6, 6.07) is 0. The molecule has 0 saturated heterocycles. The Morgan fingerprint density at radius 3 is 1.93 bits per heavy atom. The first-order chi connectivity index (χ1) is 14.3. The van der Waals surface area contributed by atoms with Crippen molar-refractivity contribution in [2.75, 3.05) is 6.61 Å². The highest BCUT2D eigenvalue weighted by Gasteiger charge is 2.44. The lowest BCUT2D eigenvalue weighted by Gasteiger charge is -2.50. The molecule has 0 aromatic carbocycles. The summed E-state index contributed by atoms with van der Waals surface area (Å²) in [5.41, 5.74) is 0. The predicted octanol–water partition coefficient (Wildman–Crippen LogP) is 8.95. The van der Waals surface area contributed by atoms with Crippen LogP contribution in [0.25, 0.3) is 0 Å². The Kier molecular flexibility index (Phi) is 10.9. The second-order valence-corrected chi connectivity index (χ2v) is 11.0. The van der Waals surface area contributed by atoms with Gasteiger partial charge in [-0.05, 0) is 81.0 Å². The first kappa shape index (κ1) is 23.6. The topological polar surface area (TPSA) is 9.23 Å². The average Bonchev–Trinajstić information content (AvgIpc) is 2.75. The van der Waals surface area contributed by atoms with Gasteiger partial charge in [0, 0.05) is 6.61 Å². The Morgan fingerprint density at radius 2 is 1.21 bits per heavy atom. The Labute approximate surface area is 183 Å². The van der Waals surface area contributed by atoms with Crippen molar-refractivity contribution in [1.82, 2.24) is 0 Å². The quantitative estimate of drug-likeness (QED) is 0.278. The molecular weight excluding hydrogens is 352 g/mol. The number of ether oxygens (including phenoxy) is 1. The Morgan fingerprint density at radius 1 is 0.586 bits per heavy atom. The SMILES string of the molecule is CCCCCCCO[C@@H]1CCC2C(CCC3C[C@H](CCCCCCC)CCC32)C1. The summed E-state index contributed by atoms with van der Waals surface area (Å²) in [7, 11) is 0. The zero-order valence-corrected chi connectivity index (χ0v) is 20.0. The fourth-order valence-electron chi connectivity index (χ4n) is 7.25. The van der Waals surface area contributed by atoms with E-state index in [2.05, 4.69) is 13.8 Å². The third-order valence-electron chi connectivity index (χ3n) is 8.92. The van der Waals surface area contributed by atoms with Gasteiger partial charge in [-0.1, -0.05) is 84.5 Å². The van der Waals surface area contributed by atoms with Crippen LogP contribution >= 0.6 is 0 Å². The molecule has 0 bridgehead atoms. The maximum absolute atomic E-state index is 6.34. The Bertz CT molecular complexity index is 419. The smallest absolute Gasteiger partial charge is 0.0578 e. The molecule has 0 amide bonds. The van der Waals surface area contributed by atoms with Crippen LogP contribution in [0.3, 0.4) is 0 Å². The molecule has 3 aliphatic rings. The molecule has 0 spiro atoms. The summed E-state index contributed by atoms with van der Waals surface area (Å²) in [4.78, 5) is 0. The standard InChI is InChI=1S/C28H52O/c1-3-5-7-9-11-13-23-14-18-27-24(21-23)15-16-25-22-26(17-19-28(25)27)29-20-12-10-8-6-4-2/h23-28H,3-22H2,1-2H3/t23-,24?,25?,26-,27?,28?/m1/s1. The number of fused-ring (bicyclic) bond motifs is 3. The molecule has 3 fully saturated rings. The van der Waals surface area contributed by atoms with Gasteiger partial charge in [-0.15, -0.1) is 0 Å². The maximum atomic E-state index is 6.34. The summed E-state index contributed by atoms with van der Waals surface area (Å²) in [6.45, 7) is 5.65. The van der Waals surface area contributed by atoms with Gasteiger partial charge in [-0.2, -0.15) is 0 Å². The molecule has 0 aromatic rings. The van der Waals surface area contributed by atoms with Crippen molar-refractivity contribution < 1.29 is 4.74 Å². The van der Waals surface area contributed by atoms with E-state index in [0.29, 0.717) is 6.10 Å². The zero-order chi connectivity index (χ0) is 20.3. The molecule has 170 valence electrons. The fraction of sp³-hybridized carbons (Fsp3) is 1.00. The predicted molar refractivity (Wildman–Crippen MR) is 126 cm³/mol. The van der Waals surface area contributed by atoms with E-state index in [1.165, 1.54) is 96.3 Å². The fourth-order valence-corrected chi connectivity index (χ4v) is 7.25.